The van der Waals surface area contributed by atoms with Gasteiger partial charge in [0.15, 0.2) is 0 Å². The number of hydrogen-bond donors (Lipinski definition) is 0. The lowest BCUT2D eigenvalue weighted by Crippen LogP contribution is -1.96. The first-order valence-electron chi connectivity index (χ1n) is 4.39. The van der Waals surface area contributed by atoms with Gasteiger partial charge in [-0.1, -0.05) is 12.2 Å². The fourth-order valence-corrected chi connectivity index (χ4v) is 4.02. The van der Waals surface area contributed by atoms with E-state index >= 15 is 0 Å². The Morgan fingerprint density at radius 2 is 1.23 bits per heavy atom. The third-order valence-electron chi connectivity index (χ3n) is 3.56. The molecule has 0 bridgehead atoms. The van der Waals surface area contributed by atoms with Crippen molar-refractivity contribution >= 4 is 46.4 Å². The van der Waals surface area contributed by atoms with Gasteiger partial charge in [0.05, 0.1) is 0 Å². The van der Waals surface area contributed by atoms with E-state index in [-0.39, 0.29) is 0 Å². The predicted molar refractivity (Wildman–Crippen MR) is 56.6 cm³/mol. The van der Waals surface area contributed by atoms with Crippen molar-refractivity contribution in [2.45, 2.75) is 15.1 Å². The van der Waals surface area contributed by atoms with Crippen molar-refractivity contribution in [2.24, 2.45) is 23.7 Å². The maximum Gasteiger partial charge on any atom is 0.128 e. The molecule has 0 amide bonds. The van der Waals surface area contributed by atoms with E-state index in [1.54, 1.807) is 0 Å². The summed E-state index contributed by atoms with van der Waals surface area (Å²) in [5.74, 6) is 1.38. The van der Waals surface area contributed by atoms with Crippen molar-refractivity contribution in [1.29, 1.82) is 0 Å². The summed E-state index contributed by atoms with van der Waals surface area (Å²) in [4.78, 5) is 0. The SMILES string of the molecule is ClC1(Cl)[C@@H]2C[C@H]3[C@@H](C=C[C@@H]21)C3(Cl)Cl. The Hall–Kier alpha value is 0.900. The van der Waals surface area contributed by atoms with Crippen molar-refractivity contribution < 1.29 is 0 Å². The van der Waals surface area contributed by atoms with Crippen LogP contribution in [0.15, 0.2) is 12.2 Å². The molecule has 0 aromatic carbocycles. The molecule has 3 rings (SSSR count). The number of alkyl halides is 4. The minimum atomic E-state index is -0.548. The first-order chi connectivity index (χ1) is 5.95. The molecular formula is C9H8Cl4. The highest BCUT2D eigenvalue weighted by molar-refractivity contribution is 6.52. The molecule has 3 aliphatic rings. The quantitative estimate of drug-likeness (QED) is 0.458. The highest BCUT2D eigenvalue weighted by Gasteiger charge is 2.71. The van der Waals surface area contributed by atoms with Gasteiger partial charge in [-0.25, -0.2) is 0 Å². The number of halogens is 4. The summed E-state index contributed by atoms with van der Waals surface area (Å²) >= 11 is 24.4. The van der Waals surface area contributed by atoms with Gasteiger partial charge < -0.3 is 0 Å². The number of hydrogen-bond acceptors (Lipinski definition) is 0. The smallest absolute Gasteiger partial charge is 0.101 e. The van der Waals surface area contributed by atoms with Gasteiger partial charge in [-0.3, -0.25) is 0 Å². The molecule has 4 heteroatoms. The van der Waals surface area contributed by atoms with E-state index in [2.05, 4.69) is 12.2 Å². The zero-order valence-electron chi connectivity index (χ0n) is 6.68. The Balaban J connectivity index is 1.86. The first kappa shape index (κ1) is 9.15. The van der Waals surface area contributed by atoms with Gasteiger partial charge in [0, 0.05) is 23.7 Å². The van der Waals surface area contributed by atoms with E-state index in [1.807, 2.05) is 0 Å². The maximum atomic E-state index is 6.09. The predicted octanol–water partition coefficient (Wildman–Crippen LogP) is 3.79. The van der Waals surface area contributed by atoms with Crippen LogP contribution in [-0.4, -0.2) is 8.67 Å². The van der Waals surface area contributed by atoms with Crippen LogP contribution >= 0.6 is 46.4 Å². The van der Waals surface area contributed by atoms with Gasteiger partial charge in [-0.2, -0.15) is 0 Å². The second-order valence-corrected chi connectivity index (χ2v) is 7.12. The average Bonchev–Trinajstić information content (AvgIpc) is 2.75. The molecule has 4 atom stereocenters. The van der Waals surface area contributed by atoms with Crippen molar-refractivity contribution in [3.63, 3.8) is 0 Å². The Morgan fingerprint density at radius 3 is 1.62 bits per heavy atom. The highest BCUT2D eigenvalue weighted by Crippen LogP contribution is 2.72. The van der Waals surface area contributed by atoms with Gasteiger partial charge in [0.1, 0.15) is 8.67 Å². The van der Waals surface area contributed by atoms with E-state index in [0.29, 0.717) is 23.7 Å². The van der Waals surface area contributed by atoms with Crippen molar-refractivity contribution in [3.05, 3.63) is 12.2 Å². The molecule has 0 unspecified atom stereocenters. The van der Waals surface area contributed by atoms with Crippen LogP contribution in [0.2, 0.25) is 0 Å². The molecule has 2 fully saturated rings. The van der Waals surface area contributed by atoms with Crippen LogP contribution in [-0.2, 0) is 0 Å². The third kappa shape index (κ3) is 1.07. The van der Waals surface area contributed by atoms with Crippen LogP contribution in [0.5, 0.6) is 0 Å². The van der Waals surface area contributed by atoms with Gasteiger partial charge in [-0.05, 0) is 6.42 Å². The molecule has 0 aliphatic heterocycles. The molecule has 0 saturated heterocycles. The van der Waals surface area contributed by atoms with Crippen LogP contribution in [0.3, 0.4) is 0 Å². The van der Waals surface area contributed by atoms with Crippen LogP contribution in [0.25, 0.3) is 0 Å². The van der Waals surface area contributed by atoms with Gasteiger partial charge >= 0.3 is 0 Å². The molecule has 0 aromatic heterocycles. The van der Waals surface area contributed by atoms with Crippen molar-refractivity contribution in [3.8, 4) is 0 Å². The highest BCUT2D eigenvalue weighted by atomic mass is 35.5. The Morgan fingerprint density at radius 1 is 0.846 bits per heavy atom. The molecule has 0 aromatic rings. The molecule has 3 aliphatic carbocycles. The van der Waals surface area contributed by atoms with Gasteiger partial charge in [-0.15, -0.1) is 46.4 Å². The lowest BCUT2D eigenvalue weighted by molar-refractivity contribution is 0.614. The maximum absolute atomic E-state index is 6.09. The summed E-state index contributed by atoms with van der Waals surface area (Å²) in [7, 11) is 0. The zero-order chi connectivity index (χ0) is 9.43. The summed E-state index contributed by atoms with van der Waals surface area (Å²) in [5, 5.41) is 0. The van der Waals surface area contributed by atoms with Crippen molar-refractivity contribution in [2.75, 3.05) is 0 Å². The number of rotatable bonds is 0. The molecule has 0 radical (unpaired) electrons. The minimum absolute atomic E-state index is 0.327. The van der Waals surface area contributed by atoms with Crippen LogP contribution in [0, 0.1) is 23.7 Å². The second kappa shape index (κ2) is 2.35. The lowest BCUT2D eigenvalue weighted by Gasteiger charge is -1.98. The molecule has 13 heavy (non-hydrogen) atoms. The average molecular weight is 258 g/mol. The summed E-state index contributed by atoms with van der Waals surface area (Å²) < 4.78 is -1.10. The summed E-state index contributed by atoms with van der Waals surface area (Å²) in [5.41, 5.74) is 0. The summed E-state index contributed by atoms with van der Waals surface area (Å²) in [6.45, 7) is 0. The second-order valence-electron chi connectivity index (χ2n) is 4.23. The molecular weight excluding hydrogens is 250 g/mol. The number of fused-ring (bicyclic) bond motifs is 2. The van der Waals surface area contributed by atoms with E-state index in [1.165, 1.54) is 0 Å². The summed E-state index contributed by atoms with van der Waals surface area (Å²) in [6, 6.07) is 0. The Labute approximate surface area is 97.2 Å². The van der Waals surface area contributed by atoms with Gasteiger partial charge in [0.2, 0.25) is 0 Å². The number of allylic oxidation sites excluding steroid dienone is 2. The van der Waals surface area contributed by atoms with E-state index in [0.717, 1.165) is 6.42 Å². The van der Waals surface area contributed by atoms with E-state index in [9.17, 15) is 0 Å². The molecule has 0 heterocycles. The van der Waals surface area contributed by atoms with Crippen molar-refractivity contribution in [1.82, 2.24) is 0 Å². The minimum Gasteiger partial charge on any atom is -0.101 e. The Bertz CT molecular complexity index is 266. The standard InChI is InChI=1S/C9H8Cl4/c10-8(11)4-1-2-5-7(3-6(4)8)9(5,12)13/h1-2,4-7H,3H2/t4-,5+,6+,7-. The molecule has 0 nitrogen and oxygen atoms in total. The molecule has 0 spiro atoms. The largest absolute Gasteiger partial charge is 0.128 e. The topological polar surface area (TPSA) is 0 Å². The summed E-state index contributed by atoms with van der Waals surface area (Å²) in [6.07, 6.45) is 5.13. The Kier molecular flexibility index (Phi) is 1.65. The van der Waals surface area contributed by atoms with Gasteiger partial charge in [0.25, 0.3) is 0 Å². The fourth-order valence-electron chi connectivity index (χ4n) is 2.48. The van der Waals surface area contributed by atoms with E-state index < -0.39 is 8.67 Å². The fraction of sp³-hybridized carbons (Fsp3) is 0.778. The first-order valence-corrected chi connectivity index (χ1v) is 5.91. The third-order valence-corrected chi connectivity index (χ3v) is 5.69. The molecule has 2 saturated carbocycles. The van der Waals surface area contributed by atoms with Crippen LogP contribution in [0.4, 0.5) is 0 Å². The monoisotopic (exact) mass is 256 g/mol. The lowest BCUT2D eigenvalue weighted by atomic mass is 10.2. The van der Waals surface area contributed by atoms with Crippen LogP contribution in [0.1, 0.15) is 6.42 Å². The molecule has 72 valence electrons. The van der Waals surface area contributed by atoms with Crippen LogP contribution < -0.4 is 0 Å². The van der Waals surface area contributed by atoms with E-state index in [4.69, 9.17) is 46.4 Å². The zero-order valence-corrected chi connectivity index (χ0v) is 9.71. The molecule has 0 N–H and O–H groups in total. The normalized spacial score (nSPS) is 53.2.